The molecule has 1 aromatic carbocycles. The molecule has 100 valence electrons. The number of aryl methyl sites for hydroxylation is 1. The molecule has 0 aliphatic carbocycles. The number of unbranched alkanes of at least 4 members (excludes halogenated alkanes) is 2. The quantitative estimate of drug-likeness (QED) is 0.735. The molecule has 2 nitrogen and oxygen atoms in total. The number of benzene rings is 1. The van der Waals surface area contributed by atoms with Crippen LogP contribution in [0.5, 0.6) is 0 Å². The van der Waals surface area contributed by atoms with Crippen LogP contribution < -0.4 is 4.90 Å². The third-order valence-corrected chi connectivity index (χ3v) is 3.82. The largest absolute Gasteiger partial charge is 0.369 e. The van der Waals surface area contributed by atoms with Crippen molar-refractivity contribution in [3.8, 4) is 0 Å². The smallest absolute Gasteiger partial charge is 0.0369 e. The van der Waals surface area contributed by atoms with E-state index in [0.29, 0.717) is 0 Å². The molecule has 0 saturated carbocycles. The summed E-state index contributed by atoms with van der Waals surface area (Å²) < 4.78 is 0. The van der Waals surface area contributed by atoms with Crippen LogP contribution in [-0.2, 0) is 0 Å². The second kappa shape index (κ2) is 6.79. The lowest BCUT2D eigenvalue weighted by Gasteiger charge is -2.36. The lowest BCUT2D eigenvalue weighted by Crippen LogP contribution is -2.46. The maximum absolute atomic E-state index is 2.61. The number of piperazine rings is 1. The Balaban J connectivity index is 1.79. The second-order valence-corrected chi connectivity index (χ2v) is 5.37. The third-order valence-electron chi connectivity index (χ3n) is 3.82. The summed E-state index contributed by atoms with van der Waals surface area (Å²) in [6.07, 6.45) is 4.06. The van der Waals surface area contributed by atoms with Crippen molar-refractivity contribution in [2.75, 3.05) is 37.6 Å². The second-order valence-electron chi connectivity index (χ2n) is 5.37. The molecule has 0 bridgehead atoms. The number of nitrogens with zero attached hydrogens (tertiary/aromatic N) is 2. The van der Waals surface area contributed by atoms with Crippen LogP contribution in [0.2, 0.25) is 0 Å². The summed E-state index contributed by atoms with van der Waals surface area (Å²) in [5.41, 5.74) is 2.75. The summed E-state index contributed by atoms with van der Waals surface area (Å²) in [6, 6.07) is 8.87. The van der Waals surface area contributed by atoms with Gasteiger partial charge in [0.25, 0.3) is 0 Å². The van der Waals surface area contributed by atoms with Gasteiger partial charge in [-0.3, -0.25) is 4.90 Å². The van der Waals surface area contributed by atoms with Gasteiger partial charge in [-0.05, 0) is 37.6 Å². The summed E-state index contributed by atoms with van der Waals surface area (Å²) in [5, 5.41) is 0. The van der Waals surface area contributed by atoms with Gasteiger partial charge in [-0.1, -0.05) is 31.9 Å². The molecule has 1 heterocycles. The minimum atomic E-state index is 1.18. The normalized spacial score (nSPS) is 17.1. The van der Waals surface area contributed by atoms with E-state index in [1.54, 1.807) is 0 Å². The zero-order chi connectivity index (χ0) is 12.8. The van der Waals surface area contributed by atoms with Gasteiger partial charge in [0.05, 0.1) is 0 Å². The van der Waals surface area contributed by atoms with E-state index in [4.69, 9.17) is 0 Å². The van der Waals surface area contributed by atoms with E-state index in [1.807, 2.05) is 0 Å². The first-order chi connectivity index (χ1) is 8.79. The zero-order valence-electron chi connectivity index (χ0n) is 11.9. The molecule has 1 saturated heterocycles. The van der Waals surface area contributed by atoms with E-state index in [9.17, 15) is 0 Å². The topological polar surface area (TPSA) is 6.48 Å². The molecule has 1 aliphatic heterocycles. The molecule has 1 aliphatic rings. The van der Waals surface area contributed by atoms with Crippen molar-refractivity contribution in [3.63, 3.8) is 0 Å². The van der Waals surface area contributed by atoms with E-state index in [2.05, 4.69) is 47.9 Å². The van der Waals surface area contributed by atoms with Crippen LogP contribution in [0.4, 0.5) is 5.69 Å². The molecular formula is C16H26N2. The van der Waals surface area contributed by atoms with E-state index >= 15 is 0 Å². The van der Waals surface area contributed by atoms with Crippen molar-refractivity contribution in [3.05, 3.63) is 29.8 Å². The molecule has 2 rings (SSSR count). The first kappa shape index (κ1) is 13.4. The van der Waals surface area contributed by atoms with E-state index in [1.165, 1.54) is 63.2 Å². The lowest BCUT2D eigenvalue weighted by molar-refractivity contribution is 0.252. The standard InChI is InChI=1S/C16H26N2/c1-3-4-5-9-17-10-12-18(13-11-17)16-8-6-7-15(2)14-16/h6-8,14H,3-5,9-13H2,1-2H3. The van der Waals surface area contributed by atoms with Crippen LogP contribution in [0, 0.1) is 6.92 Å². The molecule has 0 amide bonds. The van der Waals surface area contributed by atoms with Crippen LogP contribution in [0.3, 0.4) is 0 Å². The van der Waals surface area contributed by atoms with Crippen molar-refractivity contribution >= 4 is 5.69 Å². The Morgan fingerprint density at radius 3 is 2.50 bits per heavy atom. The molecule has 0 radical (unpaired) electrons. The SMILES string of the molecule is CCCCCN1CCN(c2cccc(C)c2)CC1. The summed E-state index contributed by atoms with van der Waals surface area (Å²) in [6.45, 7) is 10.5. The summed E-state index contributed by atoms with van der Waals surface area (Å²) in [4.78, 5) is 5.13. The highest BCUT2D eigenvalue weighted by Gasteiger charge is 2.16. The van der Waals surface area contributed by atoms with Gasteiger partial charge in [0.2, 0.25) is 0 Å². The molecule has 18 heavy (non-hydrogen) atoms. The first-order valence-corrected chi connectivity index (χ1v) is 7.33. The van der Waals surface area contributed by atoms with Gasteiger partial charge in [-0.2, -0.15) is 0 Å². The van der Waals surface area contributed by atoms with E-state index in [0.717, 1.165) is 0 Å². The third kappa shape index (κ3) is 3.74. The molecule has 0 aromatic heterocycles. The molecule has 1 fully saturated rings. The Hall–Kier alpha value is -1.02. The van der Waals surface area contributed by atoms with Crippen LogP contribution in [0.1, 0.15) is 31.7 Å². The van der Waals surface area contributed by atoms with Crippen molar-refractivity contribution in [1.82, 2.24) is 4.90 Å². The van der Waals surface area contributed by atoms with Crippen LogP contribution in [0.25, 0.3) is 0 Å². The number of rotatable bonds is 5. The van der Waals surface area contributed by atoms with Crippen LogP contribution in [0.15, 0.2) is 24.3 Å². The van der Waals surface area contributed by atoms with Crippen molar-refractivity contribution < 1.29 is 0 Å². The number of hydrogen-bond donors (Lipinski definition) is 0. The maximum atomic E-state index is 2.61. The number of anilines is 1. The van der Waals surface area contributed by atoms with Gasteiger partial charge in [-0.25, -0.2) is 0 Å². The minimum Gasteiger partial charge on any atom is -0.369 e. The lowest BCUT2D eigenvalue weighted by atomic mass is 10.2. The fourth-order valence-electron chi connectivity index (χ4n) is 2.64. The Kier molecular flexibility index (Phi) is 5.06. The highest BCUT2D eigenvalue weighted by molar-refractivity contribution is 5.48. The van der Waals surface area contributed by atoms with E-state index in [-0.39, 0.29) is 0 Å². The molecule has 0 unspecified atom stereocenters. The maximum Gasteiger partial charge on any atom is 0.0369 e. The van der Waals surface area contributed by atoms with Crippen molar-refractivity contribution in [2.45, 2.75) is 33.1 Å². The summed E-state index contributed by atoms with van der Waals surface area (Å²) in [7, 11) is 0. The monoisotopic (exact) mass is 246 g/mol. The van der Waals surface area contributed by atoms with Gasteiger partial charge in [0.1, 0.15) is 0 Å². The summed E-state index contributed by atoms with van der Waals surface area (Å²) >= 11 is 0. The Morgan fingerprint density at radius 2 is 1.83 bits per heavy atom. The fourth-order valence-corrected chi connectivity index (χ4v) is 2.64. The highest BCUT2D eigenvalue weighted by atomic mass is 15.3. The fraction of sp³-hybridized carbons (Fsp3) is 0.625. The van der Waals surface area contributed by atoms with Crippen LogP contribution >= 0.6 is 0 Å². The Labute approximate surface area is 112 Å². The predicted molar refractivity (Wildman–Crippen MR) is 79.4 cm³/mol. The molecule has 2 heteroatoms. The van der Waals surface area contributed by atoms with Gasteiger partial charge in [-0.15, -0.1) is 0 Å². The first-order valence-electron chi connectivity index (χ1n) is 7.33. The van der Waals surface area contributed by atoms with Gasteiger partial charge >= 0.3 is 0 Å². The predicted octanol–water partition coefficient (Wildman–Crippen LogP) is 3.31. The molecule has 0 N–H and O–H groups in total. The van der Waals surface area contributed by atoms with Gasteiger partial charge in [0.15, 0.2) is 0 Å². The van der Waals surface area contributed by atoms with Crippen molar-refractivity contribution in [1.29, 1.82) is 0 Å². The zero-order valence-corrected chi connectivity index (χ0v) is 11.9. The Morgan fingerprint density at radius 1 is 1.06 bits per heavy atom. The molecular weight excluding hydrogens is 220 g/mol. The molecule has 1 aromatic rings. The number of hydrogen-bond acceptors (Lipinski definition) is 2. The van der Waals surface area contributed by atoms with Crippen molar-refractivity contribution in [2.24, 2.45) is 0 Å². The molecule has 0 spiro atoms. The molecule has 0 atom stereocenters. The van der Waals surface area contributed by atoms with Gasteiger partial charge in [0, 0.05) is 31.9 Å². The van der Waals surface area contributed by atoms with Gasteiger partial charge < -0.3 is 4.90 Å². The Bertz CT molecular complexity index is 354. The average molecular weight is 246 g/mol. The minimum absolute atomic E-state index is 1.18. The summed E-state index contributed by atoms with van der Waals surface area (Å²) in [5.74, 6) is 0. The van der Waals surface area contributed by atoms with E-state index < -0.39 is 0 Å². The van der Waals surface area contributed by atoms with Crippen LogP contribution in [-0.4, -0.2) is 37.6 Å². The highest BCUT2D eigenvalue weighted by Crippen LogP contribution is 2.17. The average Bonchev–Trinajstić information content (AvgIpc) is 2.40.